The van der Waals surface area contributed by atoms with Crippen LogP contribution in [-0.4, -0.2) is 19.0 Å². The van der Waals surface area contributed by atoms with Crippen molar-refractivity contribution in [2.45, 2.75) is 26.2 Å². The molecule has 1 N–H and O–H groups in total. The minimum Gasteiger partial charge on any atom is -0.465 e. The van der Waals surface area contributed by atoms with Gasteiger partial charge >= 0.3 is 5.97 Å². The van der Waals surface area contributed by atoms with Crippen molar-refractivity contribution in [3.05, 3.63) is 40.2 Å². The summed E-state index contributed by atoms with van der Waals surface area (Å²) in [5.74, 6) is -0.566. The topological polar surface area (TPSA) is 55.4 Å². The van der Waals surface area contributed by atoms with Crippen LogP contribution >= 0.6 is 22.9 Å². The first kappa shape index (κ1) is 17.5. The SMILES string of the molecule is CCCCC(=O)Nc1scc(-c2ccc(Cl)cc2)c1C(=O)OC. The molecule has 6 heteroatoms. The van der Waals surface area contributed by atoms with Crippen molar-refractivity contribution in [2.24, 2.45) is 0 Å². The van der Waals surface area contributed by atoms with E-state index in [1.54, 1.807) is 12.1 Å². The Morgan fingerprint density at radius 3 is 2.57 bits per heavy atom. The first-order valence-corrected chi connectivity index (χ1v) is 8.58. The molecule has 1 amide bonds. The van der Waals surface area contributed by atoms with Crippen LogP contribution in [0.5, 0.6) is 0 Å². The van der Waals surface area contributed by atoms with Crippen LogP contribution in [0, 0.1) is 0 Å². The van der Waals surface area contributed by atoms with E-state index >= 15 is 0 Å². The Kier molecular flexibility index (Phi) is 6.19. The van der Waals surface area contributed by atoms with E-state index in [0.29, 0.717) is 22.0 Å². The van der Waals surface area contributed by atoms with Crippen LogP contribution < -0.4 is 5.32 Å². The maximum Gasteiger partial charge on any atom is 0.341 e. The van der Waals surface area contributed by atoms with Gasteiger partial charge in [0.15, 0.2) is 0 Å². The largest absolute Gasteiger partial charge is 0.465 e. The molecule has 1 heterocycles. The predicted octanol–water partition coefficient (Wildman–Crippen LogP) is 4.98. The van der Waals surface area contributed by atoms with Gasteiger partial charge in [-0.3, -0.25) is 4.79 Å². The van der Waals surface area contributed by atoms with Gasteiger partial charge in [0, 0.05) is 22.4 Å². The molecule has 122 valence electrons. The van der Waals surface area contributed by atoms with Crippen LogP contribution in [0.1, 0.15) is 36.5 Å². The first-order chi connectivity index (χ1) is 11.1. The van der Waals surface area contributed by atoms with Gasteiger partial charge in [0.25, 0.3) is 0 Å². The maximum absolute atomic E-state index is 12.2. The van der Waals surface area contributed by atoms with E-state index < -0.39 is 5.97 Å². The number of rotatable bonds is 6. The molecule has 1 aromatic carbocycles. The Hall–Kier alpha value is -1.85. The van der Waals surface area contributed by atoms with Crippen LogP contribution in [0.3, 0.4) is 0 Å². The molecule has 2 aromatic rings. The third-order valence-corrected chi connectivity index (χ3v) is 4.49. The zero-order valence-corrected chi connectivity index (χ0v) is 14.6. The number of benzene rings is 1. The van der Waals surface area contributed by atoms with Crippen molar-refractivity contribution in [3.8, 4) is 11.1 Å². The van der Waals surface area contributed by atoms with E-state index in [4.69, 9.17) is 16.3 Å². The molecule has 0 saturated carbocycles. The molecule has 0 radical (unpaired) electrons. The van der Waals surface area contributed by atoms with Gasteiger partial charge in [0.2, 0.25) is 5.91 Å². The molecular weight excluding hydrogens is 334 g/mol. The number of halogens is 1. The summed E-state index contributed by atoms with van der Waals surface area (Å²) in [6, 6.07) is 7.18. The molecule has 0 aliphatic heterocycles. The van der Waals surface area contributed by atoms with Gasteiger partial charge in [-0.05, 0) is 24.1 Å². The van der Waals surface area contributed by atoms with Crippen molar-refractivity contribution in [3.63, 3.8) is 0 Å². The number of unbranched alkanes of at least 4 members (excludes halogenated alkanes) is 1. The standard InChI is InChI=1S/C17H18ClNO3S/c1-3-4-5-14(20)19-16-15(17(21)22-2)13(10-23-16)11-6-8-12(18)9-7-11/h6-10H,3-5H2,1-2H3,(H,19,20). The average Bonchev–Trinajstić information content (AvgIpc) is 2.96. The van der Waals surface area contributed by atoms with Gasteiger partial charge in [-0.25, -0.2) is 4.79 Å². The lowest BCUT2D eigenvalue weighted by molar-refractivity contribution is -0.116. The van der Waals surface area contributed by atoms with Crippen molar-refractivity contribution < 1.29 is 14.3 Å². The Morgan fingerprint density at radius 2 is 1.96 bits per heavy atom. The average molecular weight is 352 g/mol. The van der Waals surface area contributed by atoms with Crippen LogP contribution in [0.4, 0.5) is 5.00 Å². The van der Waals surface area contributed by atoms with E-state index in [9.17, 15) is 9.59 Å². The number of hydrogen-bond donors (Lipinski definition) is 1. The summed E-state index contributed by atoms with van der Waals surface area (Å²) in [6.07, 6.45) is 2.19. The molecule has 0 aliphatic rings. The lowest BCUT2D eigenvalue weighted by Gasteiger charge is -2.07. The van der Waals surface area contributed by atoms with E-state index in [1.165, 1.54) is 18.4 Å². The van der Waals surface area contributed by atoms with Crippen LogP contribution in [0.2, 0.25) is 5.02 Å². The highest BCUT2D eigenvalue weighted by atomic mass is 35.5. The van der Waals surface area contributed by atoms with E-state index in [0.717, 1.165) is 24.0 Å². The van der Waals surface area contributed by atoms with Gasteiger partial charge in [0.1, 0.15) is 10.6 Å². The van der Waals surface area contributed by atoms with Crippen molar-refractivity contribution in [1.29, 1.82) is 0 Å². The van der Waals surface area contributed by atoms with Crippen LogP contribution in [0.25, 0.3) is 11.1 Å². The highest BCUT2D eigenvalue weighted by molar-refractivity contribution is 7.15. The number of esters is 1. The molecule has 1 aromatic heterocycles. The second-order valence-electron chi connectivity index (χ2n) is 5.00. The maximum atomic E-state index is 12.2. The normalized spacial score (nSPS) is 10.4. The van der Waals surface area contributed by atoms with Crippen molar-refractivity contribution in [1.82, 2.24) is 0 Å². The van der Waals surface area contributed by atoms with E-state index in [-0.39, 0.29) is 5.91 Å². The van der Waals surface area contributed by atoms with Gasteiger partial charge < -0.3 is 10.1 Å². The molecule has 0 bridgehead atoms. The minimum atomic E-state index is -0.470. The number of ether oxygens (including phenoxy) is 1. The van der Waals surface area contributed by atoms with Gasteiger partial charge in [0.05, 0.1) is 7.11 Å². The Balaban J connectivity index is 2.35. The summed E-state index contributed by atoms with van der Waals surface area (Å²) in [6.45, 7) is 2.02. The zero-order valence-electron chi connectivity index (χ0n) is 13.0. The molecular formula is C17H18ClNO3S. The summed E-state index contributed by atoms with van der Waals surface area (Å²) < 4.78 is 4.87. The molecule has 0 unspecified atom stereocenters. The lowest BCUT2D eigenvalue weighted by atomic mass is 10.0. The highest BCUT2D eigenvalue weighted by Crippen LogP contribution is 2.36. The molecule has 0 fully saturated rings. The van der Waals surface area contributed by atoms with E-state index in [1.807, 2.05) is 24.4 Å². The predicted molar refractivity (Wildman–Crippen MR) is 94.3 cm³/mol. The van der Waals surface area contributed by atoms with Crippen molar-refractivity contribution >= 4 is 39.8 Å². The Labute approximate surface area is 144 Å². The molecule has 0 spiro atoms. The van der Waals surface area contributed by atoms with Gasteiger partial charge in [-0.2, -0.15) is 0 Å². The number of anilines is 1. The zero-order chi connectivity index (χ0) is 16.8. The van der Waals surface area contributed by atoms with E-state index in [2.05, 4.69) is 5.32 Å². The smallest absolute Gasteiger partial charge is 0.341 e. The molecule has 2 rings (SSSR count). The second-order valence-corrected chi connectivity index (χ2v) is 6.32. The Bertz CT molecular complexity index is 694. The summed E-state index contributed by atoms with van der Waals surface area (Å²) in [5.41, 5.74) is 1.95. The fraction of sp³-hybridized carbons (Fsp3) is 0.294. The van der Waals surface area contributed by atoms with Gasteiger partial charge in [-0.15, -0.1) is 11.3 Å². The number of carbonyl (C=O) groups is 2. The van der Waals surface area contributed by atoms with Crippen molar-refractivity contribution in [2.75, 3.05) is 12.4 Å². The number of thiophene rings is 1. The molecule has 0 atom stereocenters. The quantitative estimate of drug-likeness (QED) is 0.746. The lowest BCUT2D eigenvalue weighted by Crippen LogP contribution is -2.13. The Morgan fingerprint density at radius 1 is 1.26 bits per heavy atom. The number of nitrogens with one attached hydrogen (secondary N) is 1. The minimum absolute atomic E-state index is 0.0958. The fourth-order valence-corrected chi connectivity index (χ4v) is 3.22. The summed E-state index contributed by atoms with van der Waals surface area (Å²) in [4.78, 5) is 24.1. The summed E-state index contributed by atoms with van der Waals surface area (Å²) >= 11 is 7.22. The molecule has 0 aliphatic carbocycles. The third-order valence-electron chi connectivity index (χ3n) is 3.35. The molecule has 0 saturated heterocycles. The number of methoxy groups -OCH3 is 1. The van der Waals surface area contributed by atoms with Crippen LogP contribution in [0.15, 0.2) is 29.6 Å². The van der Waals surface area contributed by atoms with Gasteiger partial charge in [-0.1, -0.05) is 37.1 Å². The highest BCUT2D eigenvalue weighted by Gasteiger charge is 2.22. The summed E-state index contributed by atoms with van der Waals surface area (Å²) in [7, 11) is 1.33. The number of hydrogen-bond acceptors (Lipinski definition) is 4. The number of amides is 1. The number of carbonyl (C=O) groups excluding carboxylic acids is 2. The summed E-state index contributed by atoms with van der Waals surface area (Å²) in [5, 5.41) is 5.79. The molecule has 4 nitrogen and oxygen atoms in total. The third kappa shape index (κ3) is 4.33. The first-order valence-electron chi connectivity index (χ1n) is 7.32. The fourth-order valence-electron chi connectivity index (χ4n) is 2.12. The monoisotopic (exact) mass is 351 g/mol. The van der Waals surface area contributed by atoms with Crippen LogP contribution in [-0.2, 0) is 9.53 Å². The molecule has 23 heavy (non-hydrogen) atoms. The second kappa shape index (κ2) is 8.13.